The van der Waals surface area contributed by atoms with Gasteiger partial charge in [-0.15, -0.1) is 0 Å². The van der Waals surface area contributed by atoms with Crippen molar-refractivity contribution in [3.05, 3.63) is 0 Å². The molecule has 0 aliphatic rings. The van der Waals surface area contributed by atoms with Crippen molar-refractivity contribution in [2.75, 3.05) is 13.2 Å². The van der Waals surface area contributed by atoms with E-state index >= 15 is 0 Å². The van der Waals surface area contributed by atoms with E-state index in [1.165, 1.54) is 38.5 Å². The molecule has 4 heteroatoms. The molecule has 0 radical (unpaired) electrons. The number of hydrogen-bond donors (Lipinski definition) is 0. The van der Waals surface area contributed by atoms with Gasteiger partial charge in [0.2, 0.25) is 0 Å². The summed E-state index contributed by atoms with van der Waals surface area (Å²) in [4.78, 5) is 22.2. The van der Waals surface area contributed by atoms with Crippen LogP contribution >= 0.6 is 0 Å². The largest absolute Gasteiger partial charge is 0.457 e. The molecule has 0 saturated heterocycles. The zero-order chi connectivity index (χ0) is 14.3. The van der Waals surface area contributed by atoms with Crippen molar-refractivity contribution in [3.8, 4) is 0 Å². The summed E-state index contributed by atoms with van der Waals surface area (Å²) in [6.45, 7) is 4.67. The highest BCUT2D eigenvalue weighted by Gasteiger charge is 2.16. The molecule has 0 bridgehead atoms. The Labute approximate surface area is 116 Å². The molecule has 0 aromatic heterocycles. The van der Waals surface area contributed by atoms with Gasteiger partial charge in [0.05, 0.1) is 13.2 Å². The fourth-order valence-electron chi connectivity index (χ4n) is 1.71. The maximum Gasteiger partial charge on any atom is 0.417 e. The number of hydrogen-bond acceptors (Lipinski definition) is 4. The van der Waals surface area contributed by atoms with E-state index in [9.17, 15) is 9.59 Å². The standard InChI is InChI=1S/C15H28O4/c1-3-5-6-7-8-9-10-11-13-19-15(17)14(16)18-12-4-2/h3-13H2,1-2H3. The Kier molecular flexibility index (Phi) is 12.6. The molecular weight excluding hydrogens is 244 g/mol. The minimum absolute atomic E-state index is 0.270. The lowest BCUT2D eigenvalue weighted by Gasteiger charge is -2.05. The Morgan fingerprint density at radius 2 is 1.11 bits per heavy atom. The van der Waals surface area contributed by atoms with E-state index in [0.717, 1.165) is 12.8 Å². The van der Waals surface area contributed by atoms with Crippen molar-refractivity contribution < 1.29 is 19.1 Å². The van der Waals surface area contributed by atoms with Gasteiger partial charge in [-0.05, 0) is 12.8 Å². The normalized spacial score (nSPS) is 10.2. The maximum absolute atomic E-state index is 11.2. The van der Waals surface area contributed by atoms with Crippen molar-refractivity contribution >= 4 is 11.9 Å². The fraction of sp³-hybridized carbons (Fsp3) is 0.867. The molecule has 0 aromatic rings. The highest BCUT2D eigenvalue weighted by Crippen LogP contribution is 2.08. The summed E-state index contributed by atoms with van der Waals surface area (Å²) in [6, 6.07) is 0. The van der Waals surface area contributed by atoms with Crippen LogP contribution in [0.15, 0.2) is 0 Å². The molecule has 0 aliphatic carbocycles. The van der Waals surface area contributed by atoms with Crippen LogP contribution in [0.4, 0.5) is 0 Å². The molecule has 19 heavy (non-hydrogen) atoms. The summed E-state index contributed by atoms with van der Waals surface area (Å²) in [5.41, 5.74) is 0. The van der Waals surface area contributed by atoms with Crippen molar-refractivity contribution in [1.29, 1.82) is 0 Å². The Bertz CT molecular complexity index is 238. The molecule has 112 valence electrons. The highest BCUT2D eigenvalue weighted by molar-refractivity contribution is 6.29. The lowest BCUT2D eigenvalue weighted by Crippen LogP contribution is -2.21. The molecule has 0 saturated carbocycles. The van der Waals surface area contributed by atoms with E-state index < -0.39 is 11.9 Å². The molecule has 0 atom stereocenters. The quantitative estimate of drug-likeness (QED) is 0.327. The van der Waals surface area contributed by atoms with Crippen LogP contribution in [0.1, 0.15) is 71.6 Å². The van der Waals surface area contributed by atoms with Gasteiger partial charge in [-0.25, -0.2) is 9.59 Å². The minimum atomic E-state index is -0.874. The number of carbonyl (C=O) groups excluding carboxylic acids is 2. The van der Waals surface area contributed by atoms with E-state index in [1.54, 1.807) is 0 Å². The van der Waals surface area contributed by atoms with Crippen LogP contribution in [-0.2, 0) is 19.1 Å². The molecule has 0 heterocycles. The molecule has 0 unspecified atom stereocenters. The number of unbranched alkanes of at least 4 members (excludes halogenated alkanes) is 7. The average molecular weight is 272 g/mol. The van der Waals surface area contributed by atoms with Gasteiger partial charge >= 0.3 is 11.9 Å². The number of carbonyl (C=O) groups is 2. The van der Waals surface area contributed by atoms with Gasteiger partial charge in [-0.2, -0.15) is 0 Å². The molecule has 0 amide bonds. The zero-order valence-electron chi connectivity index (χ0n) is 12.4. The number of ether oxygens (including phenoxy) is 2. The summed E-state index contributed by atoms with van der Waals surface area (Å²) >= 11 is 0. The molecular formula is C15H28O4. The van der Waals surface area contributed by atoms with Crippen LogP contribution in [0, 0.1) is 0 Å². The summed E-state index contributed by atoms with van der Waals surface area (Å²) in [7, 11) is 0. The first-order valence-electron chi connectivity index (χ1n) is 7.56. The van der Waals surface area contributed by atoms with Crippen LogP contribution in [-0.4, -0.2) is 25.2 Å². The molecule has 0 N–H and O–H groups in total. The zero-order valence-corrected chi connectivity index (χ0v) is 12.4. The van der Waals surface area contributed by atoms with Crippen LogP contribution in [0.2, 0.25) is 0 Å². The topological polar surface area (TPSA) is 52.6 Å². The first kappa shape index (κ1) is 17.9. The number of esters is 2. The highest BCUT2D eigenvalue weighted by atomic mass is 16.6. The molecule has 0 rings (SSSR count). The predicted octanol–water partition coefficient (Wildman–Crippen LogP) is 3.62. The van der Waals surface area contributed by atoms with Gasteiger partial charge in [0.15, 0.2) is 0 Å². The fourth-order valence-corrected chi connectivity index (χ4v) is 1.71. The Balaban J connectivity index is 3.29. The van der Waals surface area contributed by atoms with E-state index in [1.807, 2.05) is 6.92 Å². The van der Waals surface area contributed by atoms with Crippen LogP contribution < -0.4 is 0 Å². The van der Waals surface area contributed by atoms with Crippen LogP contribution in [0.3, 0.4) is 0 Å². The van der Waals surface area contributed by atoms with Gasteiger partial charge < -0.3 is 9.47 Å². The van der Waals surface area contributed by atoms with Crippen molar-refractivity contribution in [2.45, 2.75) is 71.6 Å². The lowest BCUT2D eigenvalue weighted by molar-refractivity contribution is -0.167. The van der Waals surface area contributed by atoms with Gasteiger partial charge in [-0.1, -0.05) is 58.8 Å². The summed E-state index contributed by atoms with van der Waals surface area (Å²) in [5, 5.41) is 0. The average Bonchev–Trinajstić information content (AvgIpc) is 2.42. The van der Waals surface area contributed by atoms with E-state index in [-0.39, 0.29) is 6.61 Å². The van der Waals surface area contributed by atoms with Crippen LogP contribution in [0.5, 0.6) is 0 Å². The third kappa shape index (κ3) is 11.7. The maximum atomic E-state index is 11.2. The second-order valence-corrected chi connectivity index (χ2v) is 4.75. The van der Waals surface area contributed by atoms with Crippen molar-refractivity contribution in [1.82, 2.24) is 0 Å². The number of rotatable bonds is 11. The van der Waals surface area contributed by atoms with E-state index in [2.05, 4.69) is 11.7 Å². The monoisotopic (exact) mass is 272 g/mol. The van der Waals surface area contributed by atoms with Gasteiger partial charge in [0.25, 0.3) is 0 Å². The third-order valence-corrected chi connectivity index (χ3v) is 2.83. The molecule has 0 spiro atoms. The van der Waals surface area contributed by atoms with Gasteiger partial charge in [-0.3, -0.25) is 0 Å². The summed E-state index contributed by atoms with van der Waals surface area (Å²) in [6.07, 6.45) is 10.2. The Hall–Kier alpha value is -1.06. The summed E-state index contributed by atoms with van der Waals surface area (Å²) < 4.78 is 9.51. The van der Waals surface area contributed by atoms with E-state index in [0.29, 0.717) is 13.0 Å². The molecule has 4 nitrogen and oxygen atoms in total. The molecule has 0 aliphatic heterocycles. The van der Waals surface area contributed by atoms with E-state index in [4.69, 9.17) is 4.74 Å². The lowest BCUT2D eigenvalue weighted by atomic mass is 10.1. The second kappa shape index (κ2) is 13.4. The van der Waals surface area contributed by atoms with Gasteiger partial charge in [0, 0.05) is 0 Å². The smallest absolute Gasteiger partial charge is 0.417 e. The Morgan fingerprint density at radius 3 is 1.63 bits per heavy atom. The predicted molar refractivity (Wildman–Crippen MR) is 74.8 cm³/mol. The third-order valence-electron chi connectivity index (χ3n) is 2.83. The molecule has 0 fully saturated rings. The SMILES string of the molecule is CCCCCCCCCCOC(=O)C(=O)OCCC. The van der Waals surface area contributed by atoms with Crippen molar-refractivity contribution in [3.63, 3.8) is 0 Å². The Morgan fingerprint density at radius 1 is 0.632 bits per heavy atom. The first-order chi connectivity index (χ1) is 9.22. The van der Waals surface area contributed by atoms with Crippen LogP contribution in [0.25, 0.3) is 0 Å². The van der Waals surface area contributed by atoms with Crippen molar-refractivity contribution in [2.24, 2.45) is 0 Å². The first-order valence-corrected chi connectivity index (χ1v) is 7.56. The molecule has 0 aromatic carbocycles. The second-order valence-electron chi connectivity index (χ2n) is 4.75. The van der Waals surface area contributed by atoms with Gasteiger partial charge in [0.1, 0.15) is 0 Å². The summed E-state index contributed by atoms with van der Waals surface area (Å²) in [5.74, 6) is -1.74. The minimum Gasteiger partial charge on any atom is -0.457 e.